The molecule has 30 heavy (non-hydrogen) atoms. The van der Waals surface area contributed by atoms with E-state index in [2.05, 4.69) is 4.98 Å². The molecule has 0 atom stereocenters. The van der Waals surface area contributed by atoms with Gasteiger partial charge in [0.05, 0.1) is 16.3 Å². The maximum atomic E-state index is 12.5. The quantitative estimate of drug-likeness (QED) is 0.304. The number of Topliss-reactive ketones (excluding diaryl/α,β-unsaturated/α-hetero) is 1. The largest absolute Gasteiger partial charge is 0.487 e. The lowest BCUT2D eigenvalue weighted by Crippen LogP contribution is -2.14. The van der Waals surface area contributed by atoms with Crippen molar-refractivity contribution in [3.05, 3.63) is 81.5 Å². The van der Waals surface area contributed by atoms with Crippen LogP contribution in [0, 0.1) is 13.8 Å². The van der Waals surface area contributed by atoms with E-state index in [-0.39, 0.29) is 11.5 Å². The molecule has 0 N–H and O–H groups in total. The van der Waals surface area contributed by atoms with E-state index in [1.807, 2.05) is 37.4 Å². The van der Waals surface area contributed by atoms with Crippen LogP contribution in [0.1, 0.15) is 37.2 Å². The van der Waals surface area contributed by atoms with E-state index in [1.165, 1.54) is 0 Å². The molecule has 0 aliphatic heterocycles. The number of furan rings is 1. The molecule has 0 saturated carbocycles. The van der Waals surface area contributed by atoms with Crippen molar-refractivity contribution in [1.82, 2.24) is 4.98 Å². The standard InChI is InChI=1S/C23H19NO5S/c1-14-19-8-3-4-9-21(19)29-22(14)20(25)12-28-23(26)16-6-5-7-18(10-16)27-11-17-13-30-15(2)24-17/h3-10,13H,11-12H2,1-2H3. The highest BCUT2D eigenvalue weighted by Crippen LogP contribution is 2.25. The molecule has 0 spiro atoms. The molecule has 0 fully saturated rings. The van der Waals surface area contributed by atoms with Gasteiger partial charge >= 0.3 is 5.97 Å². The van der Waals surface area contributed by atoms with Gasteiger partial charge < -0.3 is 13.9 Å². The van der Waals surface area contributed by atoms with Gasteiger partial charge in [0.15, 0.2) is 12.4 Å². The summed E-state index contributed by atoms with van der Waals surface area (Å²) in [5.41, 5.74) is 2.50. The second kappa shape index (κ2) is 8.51. The van der Waals surface area contributed by atoms with Crippen molar-refractivity contribution < 1.29 is 23.5 Å². The van der Waals surface area contributed by atoms with Gasteiger partial charge in [0, 0.05) is 16.3 Å². The molecule has 2 aromatic carbocycles. The number of carbonyl (C=O) groups is 2. The third kappa shape index (κ3) is 4.26. The number of hydrogen-bond donors (Lipinski definition) is 0. The summed E-state index contributed by atoms with van der Waals surface area (Å²) in [5.74, 6) is -0.260. The third-order valence-corrected chi connectivity index (χ3v) is 5.38. The molecular weight excluding hydrogens is 402 g/mol. The summed E-state index contributed by atoms with van der Waals surface area (Å²) in [6.07, 6.45) is 0. The van der Waals surface area contributed by atoms with Crippen LogP contribution in [0.5, 0.6) is 5.75 Å². The van der Waals surface area contributed by atoms with Gasteiger partial charge in [-0.15, -0.1) is 11.3 Å². The zero-order valence-corrected chi connectivity index (χ0v) is 17.3. The topological polar surface area (TPSA) is 78.6 Å². The maximum Gasteiger partial charge on any atom is 0.338 e. The van der Waals surface area contributed by atoms with Gasteiger partial charge in [-0.1, -0.05) is 24.3 Å². The van der Waals surface area contributed by atoms with Gasteiger partial charge in [0.2, 0.25) is 5.78 Å². The van der Waals surface area contributed by atoms with E-state index in [9.17, 15) is 9.59 Å². The minimum Gasteiger partial charge on any atom is -0.487 e. The molecule has 152 valence electrons. The summed E-state index contributed by atoms with van der Waals surface area (Å²) in [6.45, 7) is 3.65. The molecule has 2 aromatic heterocycles. The first-order chi connectivity index (χ1) is 14.5. The molecule has 2 heterocycles. The van der Waals surface area contributed by atoms with E-state index in [0.717, 1.165) is 21.7 Å². The highest BCUT2D eigenvalue weighted by molar-refractivity contribution is 7.09. The molecule has 4 rings (SSSR count). The average molecular weight is 421 g/mol. The highest BCUT2D eigenvalue weighted by Gasteiger charge is 2.19. The Bertz CT molecular complexity index is 1220. The number of ether oxygens (including phenoxy) is 2. The number of benzene rings is 2. The number of para-hydroxylation sites is 1. The highest BCUT2D eigenvalue weighted by atomic mass is 32.1. The van der Waals surface area contributed by atoms with Crippen molar-refractivity contribution in [2.24, 2.45) is 0 Å². The van der Waals surface area contributed by atoms with E-state index >= 15 is 0 Å². The van der Waals surface area contributed by atoms with Crippen LogP contribution in [0.25, 0.3) is 11.0 Å². The summed E-state index contributed by atoms with van der Waals surface area (Å²) in [6, 6.07) is 14.0. The minimum atomic E-state index is -0.605. The van der Waals surface area contributed by atoms with Crippen LogP contribution in [-0.2, 0) is 11.3 Å². The molecule has 7 heteroatoms. The van der Waals surface area contributed by atoms with Crippen LogP contribution < -0.4 is 4.74 Å². The van der Waals surface area contributed by atoms with Crippen LogP contribution in [0.4, 0.5) is 0 Å². The second-order valence-corrected chi connectivity index (χ2v) is 7.79. The molecule has 0 saturated heterocycles. The van der Waals surface area contributed by atoms with E-state index < -0.39 is 12.6 Å². The van der Waals surface area contributed by atoms with Gasteiger partial charge in [-0.3, -0.25) is 4.79 Å². The molecule has 0 aliphatic carbocycles. The number of ketones is 1. The van der Waals surface area contributed by atoms with Gasteiger partial charge in [-0.05, 0) is 38.1 Å². The van der Waals surface area contributed by atoms with Gasteiger partial charge in [0.1, 0.15) is 17.9 Å². The van der Waals surface area contributed by atoms with Crippen molar-refractivity contribution in [2.45, 2.75) is 20.5 Å². The summed E-state index contributed by atoms with van der Waals surface area (Å²) in [7, 11) is 0. The Kier molecular flexibility index (Phi) is 5.63. The summed E-state index contributed by atoms with van der Waals surface area (Å²) < 4.78 is 16.5. The third-order valence-electron chi connectivity index (χ3n) is 4.55. The predicted molar refractivity (Wildman–Crippen MR) is 113 cm³/mol. The molecular formula is C23H19NO5S. The fourth-order valence-electron chi connectivity index (χ4n) is 3.06. The number of fused-ring (bicyclic) bond motifs is 1. The number of thiazole rings is 1. The Morgan fingerprint density at radius 3 is 2.70 bits per heavy atom. The number of rotatable bonds is 7. The molecule has 0 radical (unpaired) electrons. The van der Waals surface area contributed by atoms with Crippen molar-refractivity contribution in [3.63, 3.8) is 0 Å². The predicted octanol–water partition coefficient (Wildman–Crippen LogP) is 5.12. The fraction of sp³-hybridized carbons (Fsp3) is 0.174. The zero-order chi connectivity index (χ0) is 21.1. The average Bonchev–Trinajstić information content (AvgIpc) is 3.33. The first-order valence-corrected chi connectivity index (χ1v) is 10.2. The Hall–Kier alpha value is -3.45. The van der Waals surface area contributed by atoms with E-state index in [1.54, 1.807) is 41.7 Å². The number of esters is 1. The zero-order valence-electron chi connectivity index (χ0n) is 16.5. The van der Waals surface area contributed by atoms with Crippen LogP contribution in [0.15, 0.2) is 58.3 Å². The lowest BCUT2D eigenvalue weighted by atomic mass is 10.1. The molecule has 0 bridgehead atoms. The first kappa shape index (κ1) is 19.8. The summed E-state index contributed by atoms with van der Waals surface area (Å²) in [4.78, 5) is 29.2. The summed E-state index contributed by atoms with van der Waals surface area (Å²) >= 11 is 1.55. The Balaban J connectivity index is 1.38. The van der Waals surface area contributed by atoms with Crippen LogP contribution >= 0.6 is 11.3 Å². The number of aryl methyl sites for hydroxylation is 2. The lowest BCUT2D eigenvalue weighted by Gasteiger charge is -2.07. The van der Waals surface area contributed by atoms with E-state index in [4.69, 9.17) is 13.9 Å². The number of aromatic nitrogens is 1. The van der Waals surface area contributed by atoms with Crippen LogP contribution in [-0.4, -0.2) is 23.3 Å². The molecule has 4 aromatic rings. The summed E-state index contributed by atoms with van der Waals surface area (Å²) in [5, 5.41) is 3.77. The molecule has 6 nitrogen and oxygen atoms in total. The van der Waals surface area contributed by atoms with Crippen LogP contribution in [0.3, 0.4) is 0 Å². The van der Waals surface area contributed by atoms with E-state index in [0.29, 0.717) is 23.5 Å². The van der Waals surface area contributed by atoms with Crippen LogP contribution in [0.2, 0.25) is 0 Å². The Morgan fingerprint density at radius 2 is 1.93 bits per heavy atom. The monoisotopic (exact) mass is 421 g/mol. The SMILES string of the molecule is Cc1nc(COc2cccc(C(=O)OCC(=O)c3oc4ccccc4c3C)c2)cs1. The van der Waals surface area contributed by atoms with Gasteiger partial charge in [-0.2, -0.15) is 0 Å². The van der Waals surface area contributed by atoms with Gasteiger partial charge in [-0.25, -0.2) is 9.78 Å². The molecule has 0 amide bonds. The van der Waals surface area contributed by atoms with Gasteiger partial charge in [0.25, 0.3) is 0 Å². The normalized spacial score (nSPS) is 10.9. The minimum absolute atomic E-state index is 0.208. The van der Waals surface area contributed by atoms with Crippen molar-refractivity contribution in [3.8, 4) is 5.75 Å². The molecule has 0 unspecified atom stereocenters. The Labute approximate surface area is 177 Å². The maximum absolute atomic E-state index is 12.5. The van der Waals surface area contributed by atoms with Crippen molar-refractivity contribution in [1.29, 1.82) is 0 Å². The Morgan fingerprint density at radius 1 is 1.10 bits per heavy atom. The van der Waals surface area contributed by atoms with Crippen molar-refractivity contribution >= 4 is 34.1 Å². The number of nitrogens with zero attached hydrogens (tertiary/aromatic N) is 1. The smallest absolute Gasteiger partial charge is 0.338 e. The van der Waals surface area contributed by atoms with Crippen molar-refractivity contribution in [2.75, 3.05) is 6.61 Å². The number of hydrogen-bond acceptors (Lipinski definition) is 7. The fourth-order valence-corrected chi connectivity index (χ4v) is 3.66. The lowest BCUT2D eigenvalue weighted by molar-refractivity contribution is 0.0467. The second-order valence-electron chi connectivity index (χ2n) is 6.73. The first-order valence-electron chi connectivity index (χ1n) is 9.33. The number of carbonyl (C=O) groups excluding carboxylic acids is 2. The molecule has 0 aliphatic rings.